The highest BCUT2D eigenvalue weighted by atomic mass is 32.2. The molecule has 34 heavy (non-hydrogen) atoms. The summed E-state index contributed by atoms with van der Waals surface area (Å²) in [5, 5.41) is 8.93. The maximum absolute atomic E-state index is 8.93. The minimum absolute atomic E-state index is 0.115. The Balaban J connectivity index is 0.000000195. The molecule has 0 aliphatic heterocycles. The molecule has 0 radical (unpaired) electrons. The third kappa shape index (κ3) is 10.4. The van der Waals surface area contributed by atoms with Crippen molar-refractivity contribution < 1.29 is 5.11 Å². The van der Waals surface area contributed by atoms with E-state index in [0.717, 1.165) is 22.4 Å². The maximum atomic E-state index is 8.93. The lowest BCUT2D eigenvalue weighted by Crippen LogP contribution is -1.83. The summed E-state index contributed by atoms with van der Waals surface area (Å²) < 4.78 is 0. The summed E-state index contributed by atoms with van der Waals surface area (Å²) in [6, 6.07) is 36.6. The summed E-state index contributed by atoms with van der Waals surface area (Å²) in [7, 11) is 0. The summed E-state index contributed by atoms with van der Waals surface area (Å²) in [5.41, 5.74) is 5.76. The number of hydrogen-bond donors (Lipinski definition) is 1. The van der Waals surface area contributed by atoms with Gasteiger partial charge < -0.3 is 5.11 Å². The number of aliphatic hydroxyl groups is 1. The Kier molecular flexibility index (Phi) is 12.6. The molecule has 0 amide bonds. The van der Waals surface area contributed by atoms with E-state index in [1.54, 1.807) is 0 Å². The highest BCUT2D eigenvalue weighted by Crippen LogP contribution is 2.22. The Morgan fingerprint density at radius 2 is 0.971 bits per heavy atom. The van der Waals surface area contributed by atoms with Gasteiger partial charge in [0.25, 0.3) is 0 Å². The molecule has 0 aliphatic rings. The van der Waals surface area contributed by atoms with E-state index in [-0.39, 0.29) is 6.61 Å². The van der Waals surface area contributed by atoms with Crippen LogP contribution < -0.4 is 0 Å². The fraction of sp³-hybridized carbons (Fsp3) is 0.0625. The quantitative estimate of drug-likeness (QED) is 0.276. The van der Waals surface area contributed by atoms with Gasteiger partial charge in [-0.1, -0.05) is 135 Å². The fourth-order valence-corrected chi connectivity index (χ4v) is 3.64. The zero-order valence-corrected chi connectivity index (χ0v) is 20.3. The van der Waals surface area contributed by atoms with Crippen LogP contribution in [0.3, 0.4) is 0 Å². The van der Waals surface area contributed by atoms with Crippen LogP contribution in [0.5, 0.6) is 0 Å². The van der Waals surface area contributed by atoms with Crippen LogP contribution in [0.25, 0.3) is 18.2 Å². The van der Waals surface area contributed by atoms with E-state index in [4.69, 9.17) is 5.11 Å². The number of thioether (sulfide) groups is 1. The van der Waals surface area contributed by atoms with Crippen LogP contribution in [0.15, 0.2) is 134 Å². The predicted molar refractivity (Wildman–Crippen MR) is 152 cm³/mol. The molecule has 172 valence electrons. The van der Waals surface area contributed by atoms with E-state index in [1.807, 2.05) is 103 Å². The van der Waals surface area contributed by atoms with E-state index >= 15 is 0 Å². The Labute approximate surface area is 208 Å². The standard InChI is InChI=1S/C14H14OS.C10H10.C8H8/c15-10-12-6-8-14(9-7-12)16-11-13-4-2-1-3-5-13;1-3-9-5-7-10(4-2)8-6-9;1-2-8-6-4-3-5-7-8/h1-9,15H,10-11H2;3-8H,1-2H2;2-7H,1H2. The highest BCUT2D eigenvalue weighted by molar-refractivity contribution is 7.98. The Bertz CT molecular complexity index is 1070. The van der Waals surface area contributed by atoms with Crippen molar-refractivity contribution in [2.24, 2.45) is 0 Å². The van der Waals surface area contributed by atoms with Crippen molar-refractivity contribution >= 4 is 30.0 Å². The molecule has 0 aliphatic carbocycles. The number of rotatable bonds is 7. The average Bonchev–Trinajstić information content (AvgIpc) is 2.94. The molecule has 0 atom stereocenters. The van der Waals surface area contributed by atoms with Gasteiger partial charge in [-0.2, -0.15) is 0 Å². The molecule has 4 aromatic rings. The van der Waals surface area contributed by atoms with Crippen molar-refractivity contribution in [1.29, 1.82) is 0 Å². The molecule has 0 spiro atoms. The molecule has 0 bridgehead atoms. The molecule has 4 aromatic carbocycles. The molecule has 0 heterocycles. The molecule has 1 nitrogen and oxygen atoms in total. The zero-order chi connectivity index (χ0) is 24.4. The van der Waals surface area contributed by atoms with Crippen molar-refractivity contribution in [3.8, 4) is 0 Å². The van der Waals surface area contributed by atoms with Gasteiger partial charge in [0, 0.05) is 10.6 Å². The summed E-state index contributed by atoms with van der Waals surface area (Å²) in [4.78, 5) is 1.24. The van der Waals surface area contributed by atoms with E-state index in [0.29, 0.717) is 0 Å². The number of benzene rings is 4. The monoisotopic (exact) mass is 464 g/mol. The number of aliphatic hydroxyl groups excluding tert-OH is 1. The van der Waals surface area contributed by atoms with Crippen LogP contribution in [-0.2, 0) is 12.4 Å². The van der Waals surface area contributed by atoms with Crippen molar-refractivity contribution in [1.82, 2.24) is 0 Å². The van der Waals surface area contributed by atoms with Crippen molar-refractivity contribution in [3.63, 3.8) is 0 Å². The summed E-state index contributed by atoms with van der Waals surface area (Å²) in [6.45, 7) is 11.1. The second-order valence-corrected chi connectivity index (χ2v) is 8.31. The molecular formula is C32H32OS. The first kappa shape index (κ1) is 26.7. The van der Waals surface area contributed by atoms with Crippen LogP contribution in [0.2, 0.25) is 0 Å². The normalized spacial score (nSPS) is 9.44. The minimum Gasteiger partial charge on any atom is -0.392 e. The lowest BCUT2D eigenvalue weighted by molar-refractivity contribution is 0.282. The molecule has 0 unspecified atom stereocenters. The summed E-state index contributed by atoms with van der Waals surface area (Å²) >= 11 is 1.81. The molecule has 0 fully saturated rings. The third-order valence-corrected chi connectivity index (χ3v) is 5.88. The highest BCUT2D eigenvalue weighted by Gasteiger charge is 1.96. The van der Waals surface area contributed by atoms with Gasteiger partial charge in [-0.25, -0.2) is 0 Å². The smallest absolute Gasteiger partial charge is 0.0681 e. The molecule has 2 heteroatoms. The van der Waals surface area contributed by atoms with Crippen molar-refractivity contribution in [3.05, 3.63) is 157 Å². The van der Waals surface area contributed by atoms with E-state index < -0.39 is 0 Å². The van der Waals surface area contributed by atoms with Crippen LogP contribution in [0.4, 0.5) is 0 Å². The van der Waals surface area contributed by atoms with Crippen LogP contribution in [-0.4, -0.2) is 5.11 Å². The SMILES string of the molecule is C=Cc1ccc(C=C)cc1.C=Cc1ccccc1.OCc1ccc(SCc2ccccc2)cc1. The van der Waals surface area contributed by atoms with Gasteiger partial charge >= 0.3 is 0 Å². The predicted octanol–water partition coefficient (Wildman–Crippen LogP) is 8.77. The van der Waals surface area contributed by atoms with Crippen molar-refractivity contribution in [2.45, 2.75) is 17.3 Å². The summed E-state index contributed by atoms with van der Waals surface area (Å²) in [5.74, 6) is 0.985. The largest absolute Gasteiger partial charge is 0.392 e. The fourth-order valence-electron chi connectivity index (χ4n) is 2.79. The Morgan fingerprint density at radius 3 is 1.38 bits per heavy atom. The second-order valence-electron chi connectivity index (χ2n) is 7.27. The number of hydrogen-bond acceptors (Lipinski definition) is 2. The Hall–Kier alpha value is -3.59. The molecular weight excluding hydrogens is 432 g/mol. The van der Waals surface area contributed by atoms with E-state index in [9.17, 15) is 0 Å². The Morgan fingerprint density at radius 1 is 0.529 bits per heavy atom. The lowest BCUT2D eigenvalue weighted by atomic mass is 10.1. The molecule has 0 aromatic heterocycles. The molecule has 0 saturated heterocycles. The van der Waals surface area contributed by atoms with Crippen molar-refractivity contribution in [2.75, 3.05) is 0 Å². The second kappa shape index (κ2) is 16.1. The maximum Gasteiger partial charge on any atom is 0.0681 e. The molecule has 0 saturated carbocycles. The van der Waals surface area contributed by atoms with Gasteiger partial charge in [-0.05, 0) is 39.9 Å². The van der Waals surface area contributed by atoms with Gasteiger partial charge in [0.05, 0.1) is 6.61 Å². The van der Waals surface area contributed by atoms with Crippen LogP contribution in [0, 0.1) is 0 Å². The third-order valence-electron chi connectivity index (χ3n) is 4.80. The van der Waals surface area contributed by atoms with Crippen LogP contribution in [0.1, 0.15) is 27.8 Å². The van der Waals surface area contributed by atoms with E-state index in [1.165, 1.54) is 16.0 Å². The van der Waals surface area contributed by atoms with E-state index in [2.05, 4.69) is 56.1 Å². The zero-order valence-electron chi connectivity index (χ0n) is 19.5. The average molecular weight is 465 g/mol. The first-order valence-electron chi connectivity index (χ1n) is 11.1. The lowest BCUT2D eigenvalue weighted by Gasteiger charge is -2.02. The molecule has 4 rings (SSSR count). The minimum atomic E-state index is 0.115. The van der Waals surface area contributed by atoms with Gasteiger partial charge in [-0.15, -0.1) is 11.8 Å². The van der Waals surface area contributed by atoms with Gasteiger partial charge in [0.2, 0.25) is 0 Å². The van der Waals surface area contributed by atoms with Gasteiger partial charge in [-0.3, -0.25) is 0 Å². The topological polar surface area (TPSA) is 20.2 Å². The molecule has 1 N–H and O–H groups in total. The summed E-state index contributed by atoms with van der Waals surface area (Å²) in [6.07, 6.45) is 5.49. The van der Waals surface area contributed by atoms with Gasteiger partial charge in [0.1, 0.15) is 0 Å². The first-order valence-corrected chi connectivity index (χ1v) is 12.1. The van der Waals surface area contributed by atoms with Crippen LogP contribution >= 0.6 is 11.8 Å². The first-order chi connectivity index (χ1) is 16.7. The van der Waals surface area contributed by atoms with Gasteiger partial charge in [0.15, 0.2) is 0 Å².